The molecule has 0 radical (unpaired) electrons. The van der Waals surface area contributed by atoms with E-state index in [0.29, 0.717) is 0 Å². The molecule has 1 aromatic rings. The second kappa shape index (κ2) is 4.53. The van der Waals surface area contributed by atoms with Gasteiger partial charge in [-0.15, -0.1) is 17.9 Å². The zero-order chi connectivity index (χ0) is 9.84. The average Bonchev–Trinajstić information content (AvgIpc) is 2.47. The second-order valence-electron chi connectivity index (χ2n) is 3.40. The van der Waals surface area contributed by atoms with E-state index in [1.54, 1.807) is 11.3 Å². The molecule has 0 aliphatic carbocycles. The summed E-state index contributed by atoms with van der Waals surface area (Å²) in [7, 11) is 0. The van der Waals surface area contributed by atoms with E-state index in [-0.39, 0.29) is 6.04 Å². The molecule has 0 aliphatic rings. The number of aromatic nitrogens is 1. The van der Waals surface area contributed by atoms with E-state index >= 15 is 0 Å². The standard InChI is InChI=1S/C10H16N2S/c1-7(2)4-5-9(11)10-8(3)12-6-13-10/h6,9H,1,4-5,11H2,2-3H3. The van der Waals surface area contributed by atoms with Crippen molar-refractivity contribution in [3.63, 3.8) is 0 Å². The molecule has 1 rings (SSSR count). The first kappa shape index (κ1) is 10.4. The molecule has 1 unspecified atom stereocenters. The smallest absolute Gasteiger partial charge is 0.0798 e. The minimum Gasteiger partial charge on any atom is -0.323 e. The number of aryl methyl sites for hydroxylation is 1. The van der Waals surface area contributed by atoms with Crippen LogP contribution in [0.15, 0.2) is 17.7 Å². The van der Waals surface area contributed by atoms with Crippen LogP contribution in [0, 0.1) is 6.92 Å². The summed E-state index contributed by atoms with van der Waals surface area (Å²) in [6, 6.07) is 0.129. The number of allylic oxidation sites excluding steroid dienone is 1. The van der Waals surface area contributed by atoms with Crippen molar-refractivity contribution in [2.75, 3.05) is 0 Å². The summed E-state index contributed by atoms with van der Waals surface area (Å²) in [4.78, 5) is 5.39. The number of thiazole rings is 1. The Morgan fingerprint density at radius 2 is 2.46 bits per heavy atom. The van der Waals surface area contributed by atoms with E-state index in [1.807, 2.05) is 19.4 Å². The Labute approximate surface area is 83.5 Å². The van der Waals surface area contributed by atoms with Crippen molar-refractivity contribution >= 4 is 11.3 Å². The molecule has 1 atom stereocenters. The van der Waals surface area contributed by atoms with Gasteiger partial charge < -0.3 is 5.73 Å². The molecule has 0 spiro atoms. The maximum atomic E-state index is 6.02. The van der Waals surface area contributed by atoms with Gasteiger partial charge in [-0.2, -0.15) is 0 Å². The van der Waals surface area contributed by atoms with Gasteiger partial charge in [0, 0.05) is 10.9 Å². The lowest BCUT2D eigenvalue weighted by Gasteiger charge is -2.09. The van der Waals surface area contributed by atoms with Crippen LogP contribution in [0.25, 0.3) is 0 Å². The first-order chi connectivity index (χ1) is 6.11. The number of hydrogen-bond acceptors (Lipinski definition) is 3. The number of nitrogens with two attached hydrogens (primary N) is 1. The molecule has 0 amide bonds. The molecule has 72 valence electrons. The summed E-state index contributed by atoms with van der Waals surface area (Å²) in [5, 5.41) is 0. The Morgan fingerprint density at radius 3 is 2.92 bits per heavy atom. The molecule has 1 aromatic heterocycles. The normalized spacial score (nSPS) is 12.8. The van der Waals surface area contributed by atoms with Crippen LogP contribution in [0.2, 0.25) is 0 Å². The third-order valence-corrected chi connectivity index (χ3v) is 3.06. The zero-order valence-corrected chi connectivity index (χ0v) is 9.03. The minimum atomic E-state index is 0.129. The second-order valence-corrected chi connectivity index (χ2v) is 4.29. The van der Waals surface area contributed by atoms with Gasteiger partial charge in [0.05, 0.1) is 11.2 Å². The molecule has 0 saturated carbocycles. The summed E-state index contributed by atoms with van der Waals surface area (Å²) in [6.07, 6.45) is 1.97. The highest BCUT2D eigenvalue weighted by Gasteiger charge is 2.10. The topological polar surface area (TPSA) is 38.9 Å². The van der Waals surface area contributed by atoms with Crippen molar-refractivity contribution < 1.29 is 0 Å². The van der Waals surface area contributed by atoms with Crippen LogP contribution in [0.4, 0.5) is 0 Å². The van der Waals surface area contributed by atoms with Crippen LogP contribution in [0.3, 0.4) is 0 Å². The highest BCUT2D eigenvalue weighted by molar-refractivity contribution is 7.09. The molecule has 0 saturated heterocycles. The third kappa shape index (κ3) is 2.94. The van der Waals surface area contributed by atoms with Gasteiger partial charge in [0.25, 0.3) is 0 Å². The van der Waals surface area contributed by atoms with Crippen molar-refractivity contribution in [1.82, 2.24) is 4.98 Å². The predicted molar refractivity (Wildman–Crippen MR) is 57.8 cm³/mol. The van der Waals surface area contributed by atoms with Crippen molar-refractivity contribution in [2.24, 2.45) is 5.73 Å². The monoisotopic (exact) mass is 196 g/mol. The summed E-state index contributed by atoms with van der Waals surface area (Å²) in [5.74, 6) is 0. The van der Waals surface area contributed by atoms with Crippen molar-refractivity contribution in [1.29, 1.82) is 0 Å². The van der Waals surface area contributed by atoms with Gasteiger partial charge in [-0.3, -0.25) is 0 Å². The van der Waals surface area contributed by atoms with Gasteiger partial charge in [0.2, 0.25) is 0 Å². The zero-order valence-electron chi connectivity index (χ0n) is 8.21. The van der Waals surface area contributed by atoms with Crippen molar-refractivity contribution in [3.05, 3.63) is 28.2 Å². The van der Waals surface area contributed by atoms with Crippen LogP contribution in [-0.4, -0.2) is 4.98 Å². The average molecular weight is 196 g/mol. The molecule has 0 bridgehead atoms. The Kier molecular flexibility index (Phi) is 3.63. The molecular formula is C10H16N2S. The molecule has 1 heterocycles. The fourth-order valence-electron chi connectivity index (χ4n) is 1.20. The third-order valence-electron chi connectivity index (χ3n) is 2.00. The molecule has 13 heavy (non-hydrogen) atoms. The fourth-order valence-corrected chi connectivity index (χ4v) is 2.04. The number of nitrogens with zero attached hydrogens (tertiary/aromatic N) is 1. The SMILES string of the molecule is C=C(C)CCC(N)c1scnc1C. The summed E-state index contributed by atoms with van der Waals surface area (Å²) in [6.45, 7) is 7.90. The fraction of sp³-hybridized carbons (Fsp3) is 0.500. The van der Waals surface area contributed by atoms with E-state index in [4.69, 9.17) is 5.73 Å². The lowest BCUT2D eigenvalue weighted by molar-refractivity contribution is 0.655. The molecule has 3 heteroatoms. The lowest BCUT2D eigenvalue weighted by Crippen LogP contribution is -2.09. The summed E-state index contributed by atoms with van der Waals surface area (Å²) in [5.41, 5.74) is 10.1. The van der Waals surface area contributed by atoms with Crippen LogP contribution in [0.5, 0.6) is 0 Å². The van der Waals surface area contributed by atoms with Gasteiger partial charge in [-0.1, -0.05) is 5.57 Å². The van der Waals surface area contributed by atoms with Gasteiger partial charge in [-0.05, 0) is 26.7 Å². The van der Waals surface area contributed by atoms with Gasteiger partial charge in [0.1, 0.15) is 0 Å². The molecule has 0 fully saturated rings. The number of rotatable bonds is 4. The Morgan fingerprint density at radius 1 is 1.77 bits per heavy atom. The largest absolute Gasteiger partial charge is 0.323 e. The van der Waals surface area contributed by atoms with E-state index in [9.17, 15) is 0 Å². The van der Waals surface area contributed by atoms with E-state index < -0.39 is 0 Å². The van der Waals surface area contributed by atoms with Gasteiger partial charge in [0.15, 0.2) is 0 Å². The highest BCUT2D eigenvalue weighted by atomic mass is 32.1. The van der Waals surface area contributed by atoms with E-state index in [0.717, 1.165) is 18.5 Å². The van der Waals surface area contributed by atoms with Crippen molar-refractivity contribution in [3.8, 4) is 0 Å². The highest BCUT2D eigenvalue weighted by Crippen LogP contribution is 2.24. The Hall–Kier alpha value is -0.670. The number of hydrogen-bond donors (Lipinski definition) is 1. The maximum absolute atomic E-state index is 6.02. The summed E-state index contributed by atoms with van der Waals surface area (Å²) >= 11 is 1.64. The Bertz CT molecular complexity index is 291. The molecule has 0 aliphatic heterocycles. The quantitative estimate of drug-likeness (QED) is 0.752. The molecule has 2 N–H and O–H groups in total. The maximum Gasteiger partial charge on any atom is 0.0798 e. The van der Waals surface area contributed by atoms with E-state index in [1.165, 1.54) is 10.5 Å². The summed E-state index contributed by atoms with van der Waals surface area (Å²) < 4.78 is 0. The van der Waals surface area contributed by atoms with Gasteiger partial charge >= 0.3 is 0 Å². The first-order valence-corrected chi connectivity index (χ1v) is 5.29. The first-order valence-electron chi connectivity index (χ1n) is 4.41. The molecular weight excluding hydrogens is 180 g/mol. The Balaban J connectivity index is 2.53. The minimum absolute atomic E-state index is 0.129. The van der Waals surface area contributed by atoms with Crippen LogP contribution >= 0.6 is 11.3 Å². The van der Waals surface area contributed by atoms with Crippen LogP contribution in [0.1, 0.15) is 36.4 Å². The predicted octanol–water partition coefficient (Wildman–Crippen LogP) is 2.81. The van der Waals surface area contributed by atoms with Crippen LogP contribution < -0.4 is 5.73 Å². The van der Waals surface area contributed by atoms with Crippen molar-refractivity contribution in [2.45, 2.75) is 32.7 Å². The lowest BCUT2D eigenvalue weighted by atomic mass is 10.1. The molecule has 2 nitrogen and oxygen atoms in total. The van der Waals surface area contributed by atoms with Gasteiger partial charge in [-0.25, -0.2) is 4.98 Å². The molecule has 0 aromatic carbocycles. The van der Waals surface area contributed by atoms with Crippen LogP contribution in [-0.2, 0) is 0 Å². The van der Waals surface area contributed by atoms with E-state index in [2.05, 4.69) is 11.6 Å².